The molecular weight excluding hydrogens is 175 g/mol. The fraction of sp³-hybridized carbons (Fsp3) is 0.231. The van der Waals surface area contributed by atoms with E-state index in [1.165, 1.54) is 6.07 Å². The molecule has 0 N–H and O–H groups in total. The smallest absolute Gasteiger partial charge is 0.127 e. The molecule has 0 aliphatic heterocycles. The van der Waals surface area contributed by atoms with Gasteiger partial charge in [-0.3, -0.25) is 0 Å². The number of halogens is 1. The monoisotopic (exact) mass is 190 g/mol. The SMILES string of the molecule is C=Cc1cc(F)c(C(C)C)cc1C=C. The van der Waals surface area contributed by atoms with Crippen LogP contribution in [0.2, 0.25) is 0 Å². The first-order valence-electron chi connectivity index (χ1n) is 4.68. The van der Waals surface area contributed by atoms with Crippen molar-refractivity contribution in [2.45, 2.75) is 19.8 Å². The second kappa shape index (κ2) is 4.23. The molecule has 0 unspecified atom stereocenters. The zero-order chi connectivity index (χ0) is 10.7. The van der Waals surface area contributed by atoms with Crippen LogP contribution in [-0.4, -0.2) is 0 Å². The van der Waals surface area contributed by atoms with E-state index >= 15 is 0 Å². The third-order valence-electron chi connectivity index (χ3n) is 2.26. The molecule has 0 amide bonds. The zero-order valence-corrected chi connectivity index (χ0v) is 8.68. The Morgan fingerprint density at radius 1 is 1.14 bits per heavy atom. The van der Waals surface area contributed by atoms with Crippen LogP contribution in [0.15, 0.2) is 25.3 Å². The molecule has 0 bridgehead atoms. The molecule has 0 saturated heterocycles. The van der Waals surface area contributed by atoms with Gasteiger partial charge in [0.25, 0.3) is 0 Å². The van der Waals surface area contributed by atoms with Gasteiger partial charge in [-0.05, 0) is 34.7 Å². The summed E-state index contributed by atoms with van der Waals surface area (Å²) >= 11 is 0. The van der Waals surface area contributed by atoms with Crippen LogP contribution in [0.3, 0.4) is 0 Å². The molecular formula is C13H15F. The lowest BCUT2D eigenvalue weighted by atomic mass is 9.96. The first-order valence-corrected chi connectivity index (χ1v) is 4.68. The van der Waals surface area contributed by atoms with Crippen molar-refractivity contribution >= 4 is 12.2 Å². The molecule has 0 spiro atoms. The summed E-state index contributed by atoms with van der Waals surface area (Å²) in [6.07, 6.45) is 3.37. The predicted molar refractivity (Wildman–Crippen MR) is 60.7 cm³/mol. The van der Waals surface area contributed by atoms with Crippen molar-refractivity contribution in [3.05, 3.63) is 47.8 Å². The Morgan fingerprint density at radius 2 is 1.64 bits per heavy atom. The van der Waals surface area contributed by atoms with Crippen molar-refractivity contribution in [3.63, 3.8) is 0 Å². The summed E-state index contributed by atoms with van der Waals surface area (Å²) in [5.74, 6) is 0.0214. The van der Waals surface area contributed by atoms with Gasteiger partial charge in [0.2, 0.25) is 0 Å². The first-order chi connectivity index (χ1) is 6.60. The fourth-order valence-electron chi connectivity index (χ4n) is 1.42. The van der Waals surface area contributed by atoms with E-state index in [0.717, 1.165) is 16.7 Å². The van der Waals surface area contributed by atoms with E-state index in [-0.39, 0.29) is 11.7 Å². The topological polar surface area (TPSA) is 0 Å². The van der Waals surface area contributed by atoms with Crippen LogP contribution in [0.25, 0.3) is 12.2 Å². The van der Waals surface area contributed by atoms with Crippen LogP contribution >= 0.6 is 0 Å². The molecule has 74 valence electrons. The molecule has 1 heteroatoms. The largest absolute Gasteiger partial charge is 0.207 e. The summed E-state index contributed by atoms with van der Waals surface area (Å²) in [5, 5.41) is 0. The maximum Gasteiger partial charge on any atom is 0.127 e. The van der Waals surface area contributed by atoms with E-state index in [4.69, 9.17) is 0 Å². The quantitative estimate of drug-likeness (QED) is 0.669. The van der Waals surface area contributed by atoms with Gasteiger partial charge in [0.15, 0.2) is 0 Å². The summed E-state index contributed by atoms with van der Waals surface area (Å²) in [6.45, 7) is 11.3. The van der Waals surface area contributed by atoms with Crippen LogP contribution in [0.4, 0.5) is 4.39 Å². The molecule has 0 atom stereocenters. The Labute approximate surface area is 84.8 Å². The number of hydrogen-bond acceptors (Lipinski definition) is 0. The summed E-state index contributed by atoms with van der Waals surface area (Å²) < 4.78 is 13.5. The van der Waals surface area contributed by atoms with E-state index in [9.17, 15) is 4.39 Å². The zero-order valence-electron chi connectivity index (χ0n) is 8.68. The normalized spacial score (nSPS) is 10.3. The van der Waals surface area contributed by atoms with E-state index in [1.54, 1.807) is 12.2 Å². The molecule has 0 aliphatic carbocycles. The van der Waals surface area contributed by atoms with Crippen LogP contribution in [0, 0.1) is 5.82 Å². The van der Waals surface area contributed by atoms with Crippen molar-refractivity contribution < 1.29 is 4.39 Å². The lowest BCUT2D eigenvalue weighted by molar-refractivity contribution is 0.598. The van der Waals surface area contributed by atoms with E-state index in [1.807, 2.05) is 19.9 Å². The Kier molecular flexibility index (Phi) is 3.23. The molecule has 0 radical (unpaired) electrons. The van der Waals surface area contributed by atoms with Crippen LogP contribution in [0.1, 0.15) is 36.5 Å². The average Bonchev–Trinajstić information content (AvgIpc) is 2.16. The van der Waals surface area contributed by atoms with Crippen molar-refractivity contribution in [1.29, 1.82) is 0 Å². The lowest BCUT2D eigenvalue weighted by Crippen LogP contribution is -1.95. The lowest BCUT2D eigenvalue weighted by Gasteiger charge is -2.10. The summed E-state index contributed by atoms with van der Waals surface area (Å²) in [6, 6.07) is 3.35. The Morgan fingerprint density at radius 3 is 2.07 bits per heavy atom. The molecule has 14 heavy (non-hydrogen) atoms. The number of benzene rings is 1. The predicted octanol–water partition coefficient (Wildman–Crippen LogP) is 4.24. The highest BCUT2D eigenvalue weighted by Gasteiger charge is 2.09. The summed E-state index contributed by atoms with van der Waals surface area (Å²) in [4.78, 5) is 0. The van der Waals surface area contributed by atoms with Gasteiger partial charge in [-0.1, -0.05) is 39.2 Å². The highest BCUT2D eigenvalue weighted by molar-refractivity contribution is 5.64. The molecule has 1 rings (SSSR count). The molecule has 0 saturated carbocycles. The second-order valence-electron chi connectivity index (χ2n) is 3.57. The first kappa shape index (κ1) is 10.7. The minimum Gasteiger partial charge on any atom is -0.207 e. The van der Waals surface area contributed by atoms with Crippen molar-refractivity contribution in [2.24, 2.45) is 0 Å². The van der Waals surface area contributed by atoms with Crippen molar-refractivity contribution in [2.75, 3.05) is 0 Å². The second-order valence-corrected chi connectivity index (χ2v) is 3.57. The van der Waals surface area contributed by atoms with Gasteiger partial charge in [0.05, 0.1) is 0 Å². The Balaban J connectivity index is 3.37. The molecule has 0 aliphatic rings. The Hall–Kier alpha value is -1.37. The molecule has 0 fully saturated rings. The Bertz CT molecular complexity index is 362. The fourth-order valence-corrected chi connectivity index (χ4v) is 1.42. The van der Waals surface area contributed by atoms with Gasteiger partial charge in [-0.2, -0.15) is 0 Å². The summed E-state index contributed by atoms with van der Waals surface area (Å²) in [5.41, 5.74) is 2.46. The van der Waals surface area contributed by atoms with Crippen LogP contribution in [-0.2, 0) is 0 Å². The third kappa shape index (κ3) is 1.92. The van der Waals surface area contributed by atoms with Gasteiger partial charge < -0.3 is 0 Å². The third-order valence-corrected chi connectivity index (χ3v) is 2.26. The van der Waals surface area contributed by atoms with Gasteiger partial charge in [-0.15, -0.1) is 0 Å². The minimum absolute atomic E-state index is 0.166. The highest BCUT2D eigenvalue weighted by Crippen LogP contribution is 2.24. The van der Waals surface area contributed by atoms with Crippen LogP contribution in [0.5, 0.6) is 0 Å². The molecule has 0 aromatic heterocycles. The minimum atomic E-state index is -0.166. The van der Waals surface area contributed by atoms with Gasteiger partial charge >= 0.3 is 0 Å². The number of rotatable bonds is 3. The average molecular weight is 190 g/mol. The van der Waals surface area contributed by atoms with E-state index in [2.05, 4.69) is 13.2 Å². The van der Waals surface area contributed by atoms with Crippen molar-refractivity contribution in [1.82, 2.24) is 0 Å². The van der Waals surface area contributed by atoms with Crippen LogP contribution < -0.4 is 0 Å². The molecule has 1 aromatic carbocycles. The standard InChI is InChI=1S/C13H15F/c1-5-10-7-12(9(3)4)13(14)8-11(10)6-2/h5-9H,1-2H2,3-4H3. The molecule has 1 aromatic rings. The van der Waals surface area contributed by atoms with Crippen molar-refractivity contribution in [3.8, 4) is 0 Å². The van der Waals surface area contributed by atoms with Gasteiger partial charge in [-0.25, -0.2) is 4.39 Å². The maximum atomic E-state index is 13.5. The molecule has 0 heterocycles. The highest BCUT2D eigenvalue weighted by atomic mass is 19.1. The summed E-state index contributed by atoms with van der Waals surface area (Å²) in [7, 11) is 0. The number of hydrogen-bond donors (Lipinski definition) is 0. The van der Waals surface area contributed by atoms with E-state index < -0.39 is 0 Å². The van der Waals surface area contributed by atoms with Gasteiger partial charge in [0, 0.05) is 0 Å². The van der Waals surface area contributed by atoms with E-state index in [0.29, 0.717) is 0 Å². The molecule has 0 nitrogen and oxygen atoms in total. The maximum absolute atomic E-state index is 13.5. The van der Waals surface area contributed by atoms with Gasteiger partial charge in [0.1, 0.15) is 5.82 Å².